The number of aliphatic hydroxyl groups excluding tert-OH is 1. The van der Waals surface area contributed by atoms with E-state index in [9.17, 15) is 5.11 Å². The summed E-state index contributed by atoms with van der Waals surface area (Å²) in [7, 11) is 1.71. The van der Waals surface area contributed by atoms with Crippen molar-refractivity contribution in [3.05, 3.63) is 66.1 Å². The third-order valence-electron chi connectivity index (χ3n) is 9.39. The molecule has 4 N–H and O–H groups in total. The Hall–Kier alpha value is -3.99. The van der Waals surface area contributed by atoms with Crippen molar-refractivity contribution in [1.29, 1.82) is 0 Å². The van der Waals surface area contributed by atoms with Gasteiger partial charge in [0.1, 0.15) is 23.6 Å². The number of anilines is 1. The second-order valence-corrected chi connectivity index (χ2v) is 11.9. The smallest absolute Gasteiger partial charge is 0.164 e. The summed E-state index contributed by atoms with van der Waals surface area (Å²) in [6.45, 7) is 5.25. The van der Waals surface area contributed by atoms with Gasteiger partial charge in [-0.2, -0.15) is 5.10 Å². The molecule has 0 atom stereocenters. The number of ether oxygens (including phenoxy) is 1. The average Bonchev–Trinajstić information content (AvgIpc) is 3.63. The molecule has 0 radical (unpaired) electrons. The summed E-state index contributed by atoms with van der Waals surface area (Å²) in [4.78, 5) is 17.6. The average molecular weight is 581 g/mol. The summed E-state index contributed by atoms with van der Waals surface area (Å²) < 4.78 is 7.68. The Morgan fingerprint density at radius 1 is 0.977 bits per heavy atom. The monoisotopic (exact) mass is 580 g/mol. The summed E-state index contributed by atoms with van der Waals surface area (Å²) in [5.41, 5.74) is 12.4. The second-order valence-electron chi connectivity index (χ2n) is 11.9. The van der Waals surface area contributed by atoms with Crippen LogP contribution in [0, 0.1) is 0 Å². The van der Waals surface area contributed by atoms with Gasteiger partial charge < -0.3 is 20.6 Å². The maximum absolute atomic E-state index is 9.27. The molecule has 0 bridgehead atoms. The Balaban J connectivity index is 1.13. The Morgan fingerprint density at radius 3 is 2.56 bits per heavy atom. The number of piperazine rings is 1. The number of methoxy groups -OCH3 is 1. The number of fused-ring (bicyclic) bond motifs is 2. The highest BCUT2D eigenvalue weighted by atomic mass is 16.5. The Labute approximate surface area is 251 Å². The van der Waals surface area contributed by atoms with E-state index in [1.165, 1.54) is 0 Å². The predicted octanol–water partition coefficient (Wildman–Crippen LogP) is 4.25. The van der Waals surface area contributed by atoms with Gasteiger partial charge in [0.25, 0.3) is 0 Å². The zero-order valence-electron chi connectivity index (χ0n) is 24.7. The quantitative estimate of drug-likeness (QED) is 0.249. The molecule has 1 saturated carbocycles. The van der Waals surface area contributed by atoms with Gasteiger partial charge in [-0.15, -0.1) is 0 Å². The van der Waals surface area contributed by atoms with Crippen LogP contribution >= 0.6 is 0 Å². The standard InChI is InChI=1S/C33H40N8O2/c1-43-29-5-3-2-4-23(29)19-25-18-22-6-7-24(20-28(22)37-25)31-30-32(34)35-21-36-33(30)41(38-31)27-10-8-26(9-11-27)40-14-12-39(13-15-40)16-17-42/h2-7,18,20-21,26-27,37,42H,8-17,19H2,1H3,(H2,34,35,36). The maximum atomic E-state index is 9.27. The van der Waals surface area contributed by atoms with Crippen LogP contribution in [0.25, 0.3) is 33.2 Å². The molecule has 3 aromatic heterocycles. The van der Waals surface area contributed by atoms with Gasteiger partial charge in [0, 0.05) is 62.0 Å². The number of H-pyrrole nitrogens is 1. The molecule has 10 heteroatoms. The molecule has 0 amide bonds. The highest BCUT2D eigenvalue weighted by Crippen LogP contribution is 2.38. The van der Waals surface area contributed by atoms with Gasteiger partial charge in [-0.25, -0.2) is 14.6 Å². The summed E-state index contributed by atoms with van der Waals surface area (Å²) in [6.07, 6.45) is 6.71. The SMILES string of the molecule is COc1ccccc1Cc1cc2ccc(-c3nn(C4CCC(N5CCN(CCO)CC5)CC4)c4ncnc(N)c34)cc2[nH]1. The molecule has 7 rings (SSSR count). The number of β-amino-alcohol motifs (C(OH)–C–C–N with tert-alkyl or cyclic N) is 1. The highest BCUT2D eigenvalue weighted by Gasteiger charge is 2.31. The third-order valence-corrected chi connectivity index (χ3v) is 9.39. The van der Waals surface area contributed by atoms with Gasteiger partial charge in [-0.1, -0.05) is 30.3 Å². The zero-order valence-corrected chi connectivity index (χ0v) is 24.7. The largest absolute Gasteiger partial charge is 0.496 e. The zero-order chi connectivity index (χ0) is 29.3. The Bertz CT molecular complexity index is 1710. The number of hydrogen-bond acceptors (Lipinski definition) is 8. The fourth-order valence-corrected chi connectivity index (χ4v) is 7.10. The van der Waals surface area contributed by atoms with Crippen LogP contribution in [-0.4, -0.2) is 92.1 Å². The van der Waals surface area contributed by atoms with Crippen molar-refractivity contribution >= 4 is 27.8 Å². The van der Waals surface area contributed by atoms with Gasteiger partial charge in [0.15, 0.2) is 5.65 Å². The molecule has 43 heavy (non-hydrogen) atoms. The number of benzene rings is 2. The number of nitrogens with one attached hydrogen (secondary N) is 1. The molecule has 0 spiro atoms. The minimum atomic E-state index is 0.239. The number of nitrogens with zero attached hydrogens (tertiary/aromatic N) is 6. The molecule has 0 unspecified atom stereocenters. The van der Waals surface area contributed by atoms with Crippen molar-refractivity contribution in [3.8, 4) is 17.0 Å². The normalized spacial score (nSPS) is 20.2. The Morgan fingerprint density at radius 2 is 1.77 bits per heavy atom. The van der Waals surface area contributed by atoms with Crippen molar-refractivity contribution in [3.63, 3.8) is 0 Å². The van der Waals surface area contributed by atoms with Gasteiger partial charge >= 0.3 is 0 Å². The van der Waals surface area contributed by atoms with E-state index in [-0.39, 0.29) is 12.6 Å². The fourth-order valence-electron chi connectivity index (χ4n) is 7.10. The molecule has 1 aliphatic heterocycles. The van der Waals surface area contributed by atoms with E-state index in [0.29, 0.717) is 11.9 Å². The number of nitrogen functional groups attached to an aromatic ring is 1. The van der Waals surface area contributed by atoms with E-state index in [4.69, 9.17) is 15.6 Å². The van der Waals surface area contributed by atoms with E-state index >= 15 is 0 Å². The first-order chi connectivity index (χ1) is 21.1. The van der Waals surface area contributed by atoms with E-state index in [1.54, 1.807) is 13.4 Å². The van der Waals surface area contributed by atoms with Crippen molar-refractivity contribution < 1.29 is 9.84 Å². The fraction of sp³-hybridized carbons (Fsp3) is 0.424. The van der Waals surface area contributed by atoms with E-state index in [0.717, 1.165) is 115 Å². The number of aliphatic hydroxyl groups is 1. The first-order valence-corrected chi connectivity index (χ1v) is 15.4. The van der Waals surface area contributed by atoms with Gasteiger partial charge in [0.2, 0.25) is 0 Å². The lowest BCUT2D eigenvalue weighted by Crippen LogP contribution is -2.51. The van der Waals surface area contributed by atoms with Crippen LogP contribution in [0.2, 0.25) is 0 Å². The van der Waals surface area contributed by atoms with E-state index < -0.39 is 0 Å². The molecule has 4 heterocycles. The van der Waals surface area contributed by atoms with Crippen LogP contribution in [0.5, 0.6) is 5.75 Å². The second kappa shape index (κ2) is 11.9. The van der Waals surface area contributed by atoms with Crippen molar-refractivity contribution in [2.45, 2.75) is 44.2 Å². The van der Waals surface area contributed by atoms with E-state index in [1.807, 2.05) is 18.2 Å². The van der Waals surface area contributed by atoms with Crippen molar-refractivity contribution in [2.24, 2.45) is 0 Å². The number of aromatic nitrogens is 5. The van der Waals surface area contributed by atoms with Gasteiger partial charge in [0.05, 0.1) is 25.1 Å². The van der Waals surface area contributed by atoms with Crippen LogP contribution in [0.4, 0.5) is 5.82 Å². The van der Waals surface area contributed by atoms with Crippen LogP contribution in [-0.2, 0) is 6.42 Å². The molecule has 10 nitrogen and oxygen atoms in total. The lowest BCUT2D eigenvalue weighted by molar-refractivity contribution is 0.0629. The van der Waals surface area contributed by atoms with E-state index in [2.05, 4.69) is 59.8 Å². The molecule has 5 aromatic rings. The molecular weight excluding hydrogens is 540 g/mol. The molecule has 2 fully saturated rings. The molecule has 2 aromatic carbocycles. The first kappa shape index (κ1) is 27.8. The predicted molar refractivity (Wildman–Crippen MR) is 169 cm³/mol. The number of para-hydroxylation sites is 1. The van der Waals surface area contributed by atoms with Crippen LogP contribution in [0.3, 0.4) is 0 Å². The van der Waals surface area contributed by atoms with Crippen molar-refractivity contribution in [2.75, 3.05) is 52.2 Å². The minimum Gasteiger partial charge on any atom is -0.496 e. The number of nitrogens with two attached hydrogens (primary N) is 1. The highest BCUT2D eigenvalue weighted by molar-refractivity contribution is 6.00. The summed E-state index contributed by atoms with van der Waals surface area (Å²) in [5.74, 6) is 1.35. The third kappa shape index (κ3) is 5.46. The van der Waals surface area contributed by atoms with Crippen LogP contribution in [0.15, 0.2) is 54.9 Å². The maximum Gasteiger partial charge on any atom is 0.164 e. The first-order valence-electron chi connectivity index (χ1n) is 15.4. The molecule has 2 aliphatic rings. The lowest BCUT2D eigenvalue weighted by atomic mass is 9.90. The minimum absolute atomic E-state index is 0.239. The van der Waals surface area contributed by atoms with Crippen molar-refractivity contribution in [1.82, 2.24) is 34.5 Å². The Kier molecular flexibility index (Phi) is 7.73. The van der Waals surface area contributed by atoms with Gasteiger partial charge in [-0.05, 0) is 54.8 Å². The van der Waals surface area contributed by atoms with Crippen LogP contribution < -0.4 is 10.5 Å². The summed E-state index contributed by atoms with van der Waals surface area (Å²) >= 11 is 0. The topological polar surface area (TPSA) is 121 Å². The summed E-state index contributed by atoms with van der Waals surface area (Å²) in [6, 6.07) is 17.6. The molecule has 224 valence electrons. The van der Waals surface area contributed by atoms with Crippen LogP contribution in [0.1, 0.15) is 43.0 Å². The number of aromatic amines is 1. The molecule has 1 saturated heterocycles. The number of rotatable bonds is 8. The molecular formula is C33H40N8O2. The van der Waals surface area contributed by atoms with Gasteiger partial charge in [-0.3, -0.25) is 9.80 Å². The summed E-state index contributed by atoms with van der Waals surface area (Å²) in [5, 5.41) is 16.4. The molecule has 1 aliphatic carbocycles. The number of hydrogen-bond donors (Lipinski definition) is 3. The lowest BCUT2D eigenvalue weighted by Gasteiger charge is -2.41.